The Morgan fingerprint density at radius 3 is 1.44 bits per heavy atom. The van der Waals surface area contributed by atoms with Gasteiger partial charge >= 0.3 is 19.8 Å². The molecule has 0 heterocycles. The molecule has 0 spiro atoms. The lowest BCUT2D eigenvalue weighted by Crippen LogP contribution is -2.29. The Balaban J connectivity index is 4.10. The van der Waals surface area contributed by atoms with Crippen molar-refractivity contribution in [1.29, 1.82) is 0 Å². The van der Waals surface area contributed by atoms with Crippen molar-refractivity contribution in [2.45, 2.75) is 199 Å². The number of carbonyl (C=O) groups is 2. The molecule has 0 amide bonds. The van der Waals surface area contributed by atoms with Crippen LogP contribution < -0.4 is 0 Å². The van der Waals surface area contributed by atoms with E-state index in [2.05, 4.69) is 67.0 Å². The van der Waals surface area contributed by atoms with Gasteiger partial charge < -0.3 is 24.4 Å². The highest BCUT2D eigenvalue weighted by atomic mass is 31.2. The van der Waals surface area contributed by atoms with Crippen LogP contribution in [0.15, 0.2) is 72.9 Å². The minimum Gasteiger partial charge on any atom is -0.462 e. The number of carbonyl (C=O) groups excluding carboxylic acids is 2. The van der Waals surface area contributed by atoms with E-state index in [4.69, 9.17) is 19.3 Å². The lowest BCUT2D eigenvalue weighted by molar-refractivity contribution is -0.161. The van der Waals surface area contributed by atoms with Crippen LogP contribution in [0.25, 0.3) is 0 Å². The number of hydrogen-bond acceptors (Lipinski definition) is 7. The fourth-order valence-corrected chi connectivity index (χ4v) is 6.37. The number of esters is 2. The molecule has 9 nitrogen and oxygen atoms in total. The largest absolute Gasteiger partial charge is 0.469 e. The summed E-state index contributed by atoms with van der Waals surface area (Å²) in [6.45, 7) is 3.38. The van der Waals surface area contributed by atoms with Crippen molar-refractivity contribution in [3.8, 4) is 0 Å². The molecule has 0 aliphatic rings. The molecule has 10 heteroatoms. The molecule has 0 aromatic carbocycles. The number of phosphoric acid groups is 1. The normalized spacial score (nSPS) is 13.7. The molecule has 0 bridgehead atoms. The summed E-state index contributed by atoms with van der Waals surface area (Å²) in [5.74, 6) is -1.17. The van der Waals surface area contributed by atoms with Gasteiger partial charge in [0.25, 0.3) is 0 Å². The first kappa shape index (κ1) is 54.5. The summed E-state index contributed by atoms with van der Waals surface area (Å²) in [4.78, 5) is 42.9. The molecule has 0 aliphatic heterocycles. The predicted octanol–water partition coefficient (Wildman–Crippen LogP) is 12.8. The predicted molar refractivity (Wildman–Crippen MR) is 236 cm³/mol. The highest BCUT2D eigenvalue weighted by molar-refractivity contribution is 7.46. The van der Waals surface area contributed by atoms with Gasteiger partial charge in [-0.1, -0.05) is 202 Å². The summed E-state index contributed by atoms with van der Waals surface area (Å²) in [5.41, 5.74) is 0. The number of aliphatic hydroxyl groups is 1. The van der Waals surface area contributed by atoms with Gasteiger partial charge in [0.05, 0.1) is 12.7 Å². The van der Waals surface area contributed by atoms with Crippen LogP contribution in [0.2, 0.25) is 0 Å². The number of ether oxygens (including phenoxy) is 2. The van der Waals surface area contributed by atoms with E-state index < -0.39 is 38.6 Å². The molecule has 0 rings (SSSR count). The van der Waals surface area contributed by atoms with E-state index in [1.807, 2.05) is 12.2 Å². The third kappa shape index (κ3) is 44.4. The lowest BCUT2D eigenvalue weighted by Gasteiger charge is -2.18. The van der Waals surface area contributed by atoms with Crippen LogP contribution in [0.1, 0.15) is 187 Å². The molecule has 0 radical (unpaired) electrons. The van der Waals surface area contributed by atoms with E-state index >= 15 is 0 Å². The molecule has 0 saturated carbocycles. The average Bonchev–Trinajstić information content (AvgIpc) is 3.18. The van der Waals surface area contributed by atoms with Crippen LogP contribution in [0, 0.1) is 0 Å². The molecule has 1 unspecified atom stereocenters. The maximum atomic E-state index is 12.4. The van der Waals surface area contributed by atoms with Crippen molar-refractivity contribution in [3.05, 3.63) is 72.9 Å². The molecule has 57 heavy (non-hydrogen) atoms. The van der Waals surface area contributed by atoms with Gasteiger partial charge in [-0.25, -0.2) is 4.57 Å². The lowest BCUT2D eigenvalue weighted by atomic mass is 10.0. The van der Waals surface area contributed by atoms with E-state index in [1.165, 1.54) is 96.3 Å². The molecule has 2 atom stereocenters. The van der Waals surface area contributed by atoms with Crippen molar-refractivity contribution < 1.29 is 43.0 Å². The first-order valence-electron chi connectivity index (χ1n) is 22.3. The van der Waals surface area contributed by atoms with Crippen LogP contribution in [-0.2, 0) is 28.2 Å². The van der Waals surface area contributed by atoms with Gasteiger partial charge in [0.2, 0.25) is 0 Å². The van der Waals surface area contributed by atoms with Gasteiger partial charge in [0.1, 0.15) is 6.61 Å². The number of unbranched alkanes of at least 4 members (excludes halogenated alkanes) is 18. The Labute approximate surface area is 347 Å². The zero-order chi connectivity index (χ0) is 41.9. The van der Waals surface area contributed by atoms with Gasteiger partial charge in [-0.15, -0.1) is 0 Å². The summed E-state index contributed by atoms with van der Waals surface area (Å²) in [5, 5.41) is 10.2. The zero-order valence-corrected chi connectivity index (χ0v) is 36.7. The van der Waals surface area contributed by atoms with E-state index in [0.717, 1.165) is 51.4 Å². The SMILES string of the molecule is CC/C=C\C/C=C\C/C=C\C/C=C\C/C=C\C=C/C(O)CCC(=O)O[C@H](COC(=O)CCCCCCCCCCCCCCCCCCCCC)COP(=O)(O)O. The molecule has 0 saturated heterocycles. The maximum Gasteiger partial charge on any atom is 0.469 e. The van der Waals surface area contributed by atoms with E-state index in [9.17, 15) is 19.3 Å². The first-order valence-corrected chi connectivity index (χ1v) is 23.9. The van der Waals surface area contributed by atoms with Gasteiger partial charge in [0.15, 0.2) is 6.10 Å². The summed E-state index contributed by atoms with van der Waals surface area (Å²) in [6, 6.07) is 0. The molecular formula is C47H81O9P. The Hall–Kier alpha value is -2.55. The molecule has 0 fully saturated rings. The molecule has 3 N–H and O–H groups in total. The van der Waals surface area contributed by atoms with Crippen molar-refractivity contribution in [2.75, 3.05) is 13.2 Å². The Morgan fingerprint density at radius 1 is 0.544 bits per heavy atom. The zero-order valence-electron chi connectivity index (χ0n) is 35.8. The van der Waals surface area contributed by atoms with Crippen LogP contribution >= 0.6 is 7.82 Å². The minimum atomic E-state index is -4.83. The van der Waals surface area contributed by atoms with Crippen molar-refractivity contribution in [3.63, 3.8) is 0 Å². The first-order chi connectivity index (χ1) is 27.7. The topological polar surface area (TPSA) is 140 Å². The average molecular weight is 821 g/mol. The Kier molecular flexibility index (Phi) is 39.7. The number of hydrogen-bond donors (Lipinski definition) is 3. The molecule has 0 aromatic heterocycles. The van der Waals surface area contributed by atoms with Crippen molar-refractivity contribution >= 4 is 19.8 Å². The number of rotatable bonds is 40. The summed E-state index contributed by atoms with van der Waals surface area (Å²) >= 11 is 0. The number of phosphoric ester groups is 1. The van der Waals surface area contributed by atoms with Gasteiger partial charge in [-0.2, -0.15) is 0 Å². The van der Waals surface area contributed by atoms with Crippen LogP contribution in [0.4, 0.5) is 0 Å². The van der Waals surface area contributed by atoms with Gasteiger partial charge in [0, 0.05) is 12.8 Å². The van der Waals surface area contributed by atoms with Crippen LogP contribution in [0.5, 0.6) is 0 Å². The summed E-state index contributed by atoms with van der Waals surface area (Å²) in [7, 11) is -4.83. The maximum absolute atomic E-state index is 12.4. The standard InChI is InChI=1S/C47H81O9P/c1-3-5-7-9-11-13-15-17-19-21-22-23-25-27-29-31-33-35-37-39-46(49)54-42-45(43-55-57(51,52)53)56-47(50)41-40-44(48)38-36-34-32-30-28-26-24-20-18-16-14-12-10-8-6-4-2/h6,8,12,14,18,20,26,28,32,34,36,38,44-45,48H,3-5,7,9-11,13,15-17,19,21-25,27,29-31,33,35,37,39-43H2,1-2H3,(H2,51,52,53)/b8-6-,14-12-,20-18-,28-26-,34-32-,38-36-/t44?,45-/m1/s1. The van der Waals surface area contributed by atoms with Gasteiger partial charge in [-0.3, -0.25) is 14.1 Å². The quantitative estimate of drug-likeness (QED) is 0.0181. The van der Waals surface area contributed by atoms with Crippen molar-refractivity contribution in [2.24, 2.45) is 0 Å². The Morgan fingerprint density at radius 2 is 0.982 bits per heavy atom. The third-order valence-corrected chi connectivity index (χ3v) is 9.84. The monoisotopic (exact) mass is 821 g/mol. The highest BCUT2D eigenvalue weighted by Gasteiger charge is 2.23. The molecule has 328 valence electrons. The van der Waals surface area contributed by atoms with E-state index in [-0.39, 0.29) is 25.9 Å². The van der Waals surface area contributed by atoms with Crippen LogP contribution in [0.3, 0.4) is 0 Å². The number of allylic oxidation sites excluding steroid dienone is 11. The second-order valence-electron chi connectivity index (χ2n) is 14.9. The van der Waals surface area contributed by atoms with Crippen LogP contribution in [-0.4, -0.2) is 52.3 Å². The highest BCUT2D eigenvalue weighted by Crippen LogP contribution is 2.36. The van der Waals surface area contributed by atoms with Crippen molar-refractivity contribution in [1.82, 2.24) is 0 Å². The second-order valence-corrected chi connectivity index (χ2v) is 16.1. The van der Waals surface area contributed by atoms with E-state index in [1.54, 1.807) is 12.2 Å². The second kappa shape index (κ2) is 41.6. The molecular weight excluding hydrogens is 739 g/mol. The number of aliphatic hydroxyl groups excluding tert-OH is 1. The van der Waals surface area contributed by atoms with E-state index in [0.29, 0.717) is 6.42 Å². The fourth-order valence-electron chi connectivity index (χ4n) is 6.01. The smallest absolute Gasteiger partial charge is 0.462 e. The molecule has 0 aromatic rings. The fraction of sp³-hybridized carbons (Fsp3) is 0.702. The van der Waals surface area contributed by atoms with Gasteiger partial charge in [-0.05, 0) is 44.9 Å². The Bertz CT molecular complexity index is 1170. The summed E-state index contributed by atoms with van der Waals surface area (Å²) < 4.78 is 26.3. The molecule has 0 aliphatic carbocycles. The third-order valence-electron chi connectivity index (χ3n) is 9.36. The summed E-state index contributed by atoms with van der Waals surface area (Å²) in [6.07, 6.45) is 51.0. The minimum absolute atomic E-state index is 0.0886.